The zero-order valence-electron chi connectivity index (χ0n) is 31.8. The first-order chi connectivity index (χ1) is 28.1. The number of aliphatic hydroxyl groups excluding tert-OH is 8. The highest BCUT2D eigenvalue weighted by Crippen LogP contribution is 2.38. The van der Waals surface area contributed by atoms with E-state index in [1.165, 1.54) is 38.2 Å². The topological polar surface area (TPSA) is 447 Å². The van der Waals surface area contributed by atoms with Gasteiger partial charge in [0.05, 0.1) is 42.4 Å². The fourth-order valence-corrected chi connectivity index (χ4v) is 6.75. The Labute approximate surface area is 350 Å². The Hall–Kier alpha value is -3.68. The number of benzene rings is 1. The highest BCUT2D eigenvalue weighted by Gasteiger charge is 2.61. The number of non-ortho nitro benzene ring substituents is 1. The molecule has 1 aliphatic carbocycles. The molecule has 17 atom stereocenters. The molecule has 2 heterocycles. The van der Waals surface area contributed by atoms with Crippen molar-refractivity contribution >= 4 is 53.0 Å². The first kappa shape index (κ1) is 50.7. The van der Waals surface area contributed by atoms with Crippen LogP contribution in [-0.4, -0.2) is 197 Å². The third kappa shape index (κ3) is 11.6. The van der Waals surface area contributed by atoms with E-state index in [2.05, 4.69) is 20.9 Å². The summed E-state index contributed by atoms with van der Waals surface area (Å²) < 4.78 is 22.9. The molecule has 19 N–H and O–H groups in total. The number of rotatable bonds is 15. The zero-order chi connectivity index (χ0) is 45.4. The lowest BCUT2D eigenvalue weighted by Gasteiger charge is -2.46. The van der Waals surface area contributed by atoms with E-state index in [1.54, 1.807) is 0 Å². The second kappa shape index (κ2) is 21.9. The number of aldehydes is 1. The highest BCUT2D eigenvalue weighted by molar-refractivity contribution is 6.53. The minimum atomic E-state index is -2.39. The predicted molar refractivity (Wildman–Crippen MR) is 205 cm³/mol. The molecule has 3 fully saturated rings. The number of likely N-dealkylation sites (N-methyl/N-ethyl adjacent to an activating group) is 1. The van der Waals surface area contributed by atoms with Crippen molar-refractivity contribution in [3.63, 3.8) is 0 Å². The van der Waals surface area contributed by atoms with E-state index in [0.29, 0.717) is 5.56 Å². The van der Waals surface area contributed by atoms with Gasteiger partial charge in [-0.05, 0) is 31.7 Å². The molecule has 340 valence electrons. The maximum atomic E-state index is 12.1. The van der Waals surface area contributed by atoms with Crippen LogP contribution in [0, 0.1) is 15.5 Å². The number of guanidine groups is 2. The van der Waals surface area contributed by atoms with Gasteiger partial charge in [-0.15, -0.1) is 0 Å². The van der Waals surface area contributed by atoms with Gasteiger partial charge < -0.3 is 98.1 Å². The molecule has 2 aliphatic heterocycles. The van der Waals surface area contributed by atoms with Crippen molar-refractivity contribution < 1.29 is 79.4 Å². The number of nitrogens with one attached hydrogen (secondary N) is 4. The van der Waals surface area contributed by atoms with E-state index in [1.807, 2.05) is 0 Å². The van der Waals surface area contributed by atoms with E-state index in [9.17, 15) is 60.6 Å². The molecule has 0 radical (unpaired) electrons. The van der Waals surface area contributed by atoms with Crippen molar-refractivity contribution in [3.8, 4) is 0 Å². The second-order valence-corrected chi connectivity index (χ2v) is 14.9. The predicted octanol–water partition coefficient (Wildman–Crippen LogP) is -7.04. The molecule has 0 bridgehead atoms. The summed E-state index contributed by atoms with van der Waals surface area (Å²) in [5, 5.41) is 119. The van der Waals surface area contributed by atoms with E-state index in [-0.39, 0.29) is 12.0 Å². The number of alkyl halides is 2. The van der Waals surface area contributed by atoms with Crippen LogP contribution in [0.4, 0.5) is 5.69 Å². The van der Waals surface area contributed by atoms with Gasteiger partial charge in [0.25, 0.3) is 11.6 Å². The Kier molecular flexibility index (Phi) is 18.5. The molecule has 2 saturated heterocycles. The van der Waals surface area contributed by atoms with Crippen molar-refractivity contribution in [1.82, 2.24) is 16.0 Å². The van der Waals surface area contributed by atoms with Gasteiger partial charge in [-0.25, -0.2) is 4.99 Å². The molecule has 0 spiro atoms. The largest absolute Gasteiger partial charge is 0.394 e. The van der Waals surface area contributed by atoms with Gasteiger partial charge in [-0.3, -0.25) is 25.1 Å². The molecule has 28 heteroatoms. The number of nitrogens with zero attached hydrogens (tertiary/aromatic N) is 2. The summed E-state index contributed by atoms with van der Waals surface area (Å²) in [6.45, 7) is 0.0648. The number of nitrogens with two attached hydrogens (primary N) is 3. The molecule has 3 aliphatic rings. The van der Waals surface area contributed by atoms with Crippen LogP contribution in [0.3, 0.4) is 0 Å². The third-order valence-corrected chi connectivity index (χ3v) is 10.3. The summed E-state index contributed by atoms with van der Waals surface area (Å²) in [4.78, 5) is 35.7. The van der Waals surface area contributed by atoms with Crippen molar-refractivity contribution in [2.24, 2.45) is 22.2 Å². The average molecular weight is 905 g/mol. The molecule has 0 aromatic heterocycles. The Bertz CT molecular complexity index is 1640. The van der Waals surface area contributed by atoms with Crippen LogP contribution in [-0.2, 0) is 28.5 Å². The van der Waals surface area contributed by atoms with Crippen LogP contribution < -0.4 is 33.2 Å². The van der Waals surface area contributed by atoms with Gasteiger partial charge in [0.15, 0.2) is 41.2 Å². The second-order valence-electron chi connectivity index (χ2n) is 13.8. The monoisotopic (exact) mass is 903 g/mol. The summed E-state index contributed by atoms with van der Waals surface area (Å²) in [6, 6.07) is 0.0363. The Balaban J connectivity index is 0.000000403. The summed E-state index contributed by atoms with van der Waals surface area (Å²) in [5.74, 6) is -1.92. The molecule has 26 nitrogen and oxygen atoms in total. The fraction of sp³-hybridized carbons (Fsp3) is 0.688. The van der Waals surface area contributed by atoms with Crippen LogP contribution in [0.15, 0.2) is 29.3 Å². The van der Waals surface area contributed by atoms with E-state index in [0.717, 1.165) is 0 Å². The fourth-order valence-electron chi connectivity index (χ4n) is 6.63. The van der Waals surface area contributed by atoms with E-state index in [4.69, 9.17) is 69.9 Å². The molecule has 1 aromatic rings. The number of aliphatic hydroxyl groups is 9. The van der Waals surface area contributed by atoms with Gasteiger partial charge in [0.2, 0.25) is 0 Å². The number of aliphatic imine (C=N–C) groups is 1. The summed E-state index contributed by atoms with van der Waals surface area (Å²) in [6.07, 6.45) is -18.6. The molecule has 1 aromatic carbocycles. The van der Waals surface area contributed by atoms with Gasteiger partial charge in [-0.2, -0.15) is 0 Å². The maximum Gasteiger partial charge on any atom is 0.269 e. The summed E-state index contributed by atoms with van der Waals surface area (Å²) in [5.41, 5.74) is 14.0. The minimum Gasteiger partial charge on any atom is -0.394 e. The Morgan fingerprint density at radius 2 is 1.63 bits per heavy atom. The van der Waals surface area contributed by atoms with Crippen molar-refractivity contribution in [1.29, 1.82) is 5.41 Å². The molecule has 60 heavy (non-hydrogen) atoms. The molecular weight excluding hydrogens is 853 g/mol. The lowest BCUT2D eigenvalue weighted by atomic mass is 9.81. The molecule has 0 unspecified atom stereocenters. The van der Waals surface area contributed by atoms with Crippen molar-refractivity contribution in [3.05, 3.63) is 39.9 Å². The van der Waals surface area contributed by atoms with E-state index < -0.39 is 144 Å². The average Bonchev–Trinajstić information content (AvgIpc) is 3.44. The van der Waals surface area contributed by atoms with Crippen LogP contribution in [0.1, 0.15) is 18.6 Å². The molecular formula is C32H51Cl2N9O17. The zero-order valence-corrected chi connectivity index (χ0v) is 33.3. The summed E-state index contributed by atoms with van der Waals surface area (Å²) >= 11 is 10.7. The van der Waals surface area contributed by atoms with Crippen LogP contribution >= 0.6 is 23.2 Å². The molecule has 1 saturated carbocycles. The number of nitro benzene ring substituents is 1. The number of carbonyl (C=O) groups excluding carboxylic acids is 2. The highest BCUT2D eigenvalue weighted by atomic mass is 35.5. The number of nitro groups is 1. The number of carbonyl (C=O) groups is 2. The lowest BCUT2D eigenvalue weighted by molar-refractivity contribution is -0.384. The SMILES string of the molecule is CN[C@@H]1[C@H](O[C@H]2[C@H](O[C@H]3[C@H](O)[C@@H](O)[C@H](N=C(N)N)[C@@H](O)[C@@H]3NC(=N)N)O[C@@H](C)[C@]2(O)C=O)O[C@@H](CO)[C@H](O)[C@H]1O.O=C(N[C@H](CO)[C@H](O)c1ccc([N+](=O)[O-])cc1)C(Cl)Cl. The quantitative estimate of drug-likeness (QED) is 0.0194. The summed E-state index contributed by atoms with van der Waals surface area (Å²) in [7, 11) is 1.42. The smallest absolute Gasteiger partial charge is 0.269 e. The van der Waals surface area contributed by atoms with Crippen molar-refractivity contribution in [2.75, 3.05) is 20.3 Å². The number of ether oxygens (including phenoxy) is 4. The molecule has 1 amide bonds. The van der Waals surface area contributed by atoms with Crippen LogP contribution in [0.2, 0.25) is 0 Å². The Morgan fingerprint density at radius 1 is 1.02 bits per heavy atom. The Morgan fingerprint density at radius 3 is 2.12 bits per heavy atom. The van der Waals surface area contributed by atoms with E-state index >= 15 is 0 Å². The van der Waals surface area contributed by atoms with Gasteiger partial charge in [0, 0.05) is 12.1 Å². The lowest BCUT2D eigenvalue weighted by Crippen LogP contribution is -2.70. The van der Waals surface area contributed by atoms with Crippen LogP contribution in [0.25, 0.3) is 0 Å². The third-order valence-electron chi connectivity index (χ3n) is 9.95. The molecule has 4 rings (SSSR count). The normalized spacial score (nSPS) is 36.2. The van der Waals surface area contributed by atoms with Gasteiger partial charge in [0.1, 0.15) is 61.0 Å². The van der Waals surface area contributed by atoms with Gasteiger partial charge in [-0.1, -0.05) is 23.2 Å². The standard InChI is InChI=1S/C21H39N7O12.C11H12Cl2N2O5/c1-5-21(36,4-30)16(40-17-9(26-2)13(34)10(31)6(3-29)38-17)18(37-5)39-15-8(28-20(24)25)11(32)7(27-19(22)23)12(33)14(15)35;12-10(13)11(18)14-8(5-16)9(17)6-1-3-7(4-2-6)15(19)20/h4-18,26,29,31-36H,3H2,1-2H3,(H4,22,23,27)(H4,24,25,28);1-4,8-10,16-17H,5H2,(H,14,18)/t5-,6-,7+,8-,9-,10-,11+,12-,13-,14+,15+,16-,17-,18-,21+;8-,9-/m01/s1. The number of amides is 1. The van der Waals surface area contributed by atoms with Gasteiger partial charge >= 0.3 is 0 Å². The van der Waals surface area contributed by atoms with Crippen LogP contribution in [0.5, 0.6) is 0 Å². The number of hydrogen-bond acceptors (Lipinski definition) is 20. The van der Waals surface area contributed by atoms with Crippen molar-refractivity contribution in [2.45, 2.75) is 115 Å². The first-order valence-electron chi connectivity index (χ1n) is 17.9. The number of hydrogen-bond donors (Lipinski definition) is 16. The first-order valence-corrected chi connectivity index (χ1v) is 18.8. The maximum absolute atomic E-state index is 12.1. The minimum absolute atomic E-state index is 0.132. The number of halogens is 2.